The lowest BCUT2D eigenvalue weighted by Crippen LogP contribution is -2.33. The van der Waals surface area contributed by atoms with E-state index in [9.17, 15) is 9.59 Å². The minimum Gasteiger partial charge on any atom is -0.375 e. The Bertz CT molecular complexity index is 990. The zero-order valence-electron chi connectivity index (χ0n) is 18.0. The Balaban J connectivity index is 1.74. The van der Waals surface area contributed by atoms with Crippen molar-refractivity contribution >= 4 is 17.5 Å². The summed E-state index contributed by atoms with van der Waals surface area (Å²) in [4.78, 5) is 28.9. The third kappa shape index (κ3) is 6.52. The lowest BCUT2D eigenvalue weighted by atomic mass is 10.1. The second-order valence-corrected chi connectivity index (χ2v) is 7.48. The zero-order valence-corrected chi connectivity index (χ0v) is 18.0. The van der Waals surface area contributed by atoms with Gasteiger partial charge in [-0.05, 0) is 28.8 Å². The minimum absolute atomic E-state index is 0.00416. The van der Waals surface area contributed by atoms with Crippen molar-refractivity contribution in [2.45, 2.75) is 19.5 Å². The highest BCUT2D eigenvalue weighted by Crippen LogP contribution is 2.20. The van der Waals surface area contributed by atoms with E-state index in [4.69, 9.17) is 4.74 Å². The van der Waals surface area contributed by atoms with Crippen LogP contribution in [-0.2, 0) is 33.8 Å². The van der Waals surface area contributed by atoms with Crippen molar-refractivity contribution in [2.24, 2.45) is 0 Å². The summed E-state index contributed by atoms with van der Waals surface area (Å²) < 4.78 is 5.07. The van der Waals surface area contributed by atoms with Gasteiger partial charge in [0, 0.05) is 26.4 Å². The van der Waals surface area contributed by atoms with Crippen molar-refractivity contribution < 1.29 is 14.3 Å². The molecular formula is C26H28N2O3. The Kier molecular flexibility index (Phi) is 7.96. The first-order chi connectivity index (χ1) is 15.1. The summed E-state index contributed by atoms with van der Waals surface area (Å²) >= 11 is 0. The lowest BCUT2D eigenvalue weighted by Gasteiger charge is -2.24. The molecule has 0 N–H and O–H groups in total. The first-order valence-electron chi connectivity index (χ1n) is 10.3. The molecule has 0 spiro atoms. The summed E-state index contributed by atoms with van der Waals surface area (Å²) in [6.45, 7) is 0.996. The highest BCUT2D eigenvalue weighted by atomic mass is 16.5. The first-order valence-corrected chi connectivity index (χ1v) is 10.3. The van der Waals surface area contributed by atoms with Crippen LogP contribution in [0.4, 0.5) is 5.69 Å². The second-order valence-electron chi connectivity index (χ2n) is 7.48. The SMILES string of the molecule is COCC(=O)N(Cc1ccccc1)c1cccc(CC(=O)N(C)Cc2ccccc2)c1. The number of ether oxygens (including phenoxy) is 1. The van der Waals surface area contributed by atoms with E-state index >= 15 is 0 Å². The molecule has 0 aliphatic carbocycles. The number of hydrogen-bond acceptors (Lipinski definition) is 3. The molecule has 5 nitrogen and oxygen atoms in total. The maximum atomic E-state index is 12.8. The summed E-state index contributed by atoms with van der Waals surface area (Å²) in [5, 5.41) is 0. The maximum absolute atomic E-state index is 12.8. The molecule has 0 saturated heterocycles. The number of methoxy groups -OCH3 is 1. The third-order valence-electron chi connectivity index (χ3n) is 5.02. The van der Waals surface area contributed by atoms with Crippen LogP contribution in [0.3, 0.4) is 0 Å². The maximum Gasteiger partial charge on any atom is 0.253 e. The zero-order chi connectivity index (χ0) is 22.1. The van der Waals surface area contributed by atoms with Gasteiger partial charge in [-0.1, -0.05) is 72.8 Å². The Morgan fingerprint density at radius 1 is 0.742 bits per heavy atom. The largest absolute Gasteiger partial charge is 0.375 e. The molecule has 5 heteroatoms. The van der Waals surface area contributed by atoms with Crippen molar-refractivity contribution in [3.63, 3.8) is 0 Å². The van der Waals surface area contributed by atoms with Crippen LogP contribution in [-0.4, -0.2) is 37.5 Å². The average Bonchev–Trinajstić information content (AvgIpc) is 2.79. The van der Waals surface area contributed by atoms with Gasteiger partial charge in [-0.3, -0.25) is 9.59 Å². The molecule has 160 valence electrons. The van der Waals surface area contributed by atoms with Crippen molar-refractivity contribution in [1.82, 2.24) is 4.90 Å². The van der Waals surface area contributed by atoms with E-state index in [2.05, 4.69) is 0 Å². The molecule has 3 aromatic carbocycles. The van der Waals surface area contributed by atoms with Crippen molar-refractivity contribution in [1.29, 1.82) is 0 Å². The molecule has 2 amide bonds. The van der Waals surface area contributed by atoms with E-state index < -0.39 is 0 Å². The van der Waals surface area contributed by atoms with Crippen LogP contribution < -0.4 is 4.90 Å². The van der Waals surface area contributed by atoms with Gasteiger partial charge < -0.3 is 14.5 Å². The first kappa shape index (κ1) is 22.2. The number of rotatable bonds is 9. The van der Waals surface area contributed by atoms with E-state index in [0.717, 1.165) is 22.4 Å². The minimum atomic E-state index is -0.129. The van der Waals surface area contributed by atoms with Gasteiger partial charge in [0.25, 0.3) is 5.91 Å². The molecule has 0 heterocycles. The fourth-order valence-corrected chi connectivity index (χ4v) is 3.38. The van der Waals surface area contributed by atoms with Gasteiger partial charge in [0.15, 0.2) is 0 Å². The smallest absolute Gasteiger partial charge is 0.253 e. The summed E-state index contributed by atoms with van der Waals surface area (Å²) in [5.41, 5.74) is 3.73. The molecule has 0 unspecified atom stereocenters. The molecule has 0 saturated carbocycles. The number of benzene rings is 3. The molecular weight excluding hydrogens is 388 g/mol. The van der Waals surface area contributed by atoms with Gasteiger partial charge in [-0.25, -0.2) is 0 Å². The quantitative estimate of drug-likeness (QED) is 0.528. The highest BCUT2D eigenvalue weighted by Gasteiger charge is 2.17. The number of amides is 2. The summed E-state index contributed by atoms with van der Waals surface area (Å²) in [7, 11) is 3.32. The van der Waals surface area contributed by atoms with Gasteiger partial charge in [0.05, 0.1) is 13.0 Å². The average molecular weight is 417 g/mol. The number of carbonyl (C=O) groups excluding carboxylic acids is 2. The van der Waals surface area contributed by atoms with Gasteiger partial charge in [0.2, 0.25) is 5.91 Å². The normalized spacial score (nSPS) is 10.5. The summed E-state index contributed by atoms with van der Waals surface area (Å²) in [6, 6.07) is 27.3. The van der Waals surface area contributed by atoms with Gasteiger partial charge in [-0.2, -0.15) is 0 Å². The molecule has 0 radical (unpaired) electrons. The summed E-state index contributed by atoms with van der Waals surface area (Å²) in [5.74, 6) is -0.102. The van der Waals surface area contributed by atoms with Crippen LogP contribution in [0.2, 0.25) is 0 Å². The molecule has 0 aromatic heterocycles. The van der Waals surface area contributed by atoms with Crippen molar-refractivity contribution in [2.75, 3.05) is 25.7 Å². The molecule has 0 fully saturated rings. The molecule has 0 bridgehead atoms. The Hall–Kier alpha value is -3.44. The molecule has 31 heavy (non-hydrogen) atoms. The Morgan fingerprint density at radius 2 is 1.32 bits per heavy atom. The van der Waals surface area contributed by atoms with E-state index in [0.29, 0.717) is 13.1 Å². The standard InChI is InChI=1S/C26H28N2O3/c1-27(18-21-10-5-3-6-11-21)25(29)17-23-14-9-15-24(16-23)28(26(30)20-31-2)19-22-12-7-4-8-13-22/h3-16H,17-20H2,1-2H3. The fraction of sp³-hybridized carbons (Fsp3) is 0.231. The Labute approximate surface area is 183 Å². The van der Waals surface area contributed by atoms with Crippen LogP contribution in [0.25, 0.3) is 0 Å². The van der Waals surface area contributed by atoms with Gasteiger partial charge >= 0.3 is 0 Å². The molecule has 0 atom stereocenters. The number of likely N-dealkylation sites (N-methyl/N-ethyl adjacent to an activating group) is 1. The van der Waals surface area contributed by atoms with Gasteiger partial charge in [0.1, 0.15) is 6.61 Å². The van der Waals surface area contributed by atoms with Crippen LogP contribution >= 0.6 is 0 Å². The third-order valence-corrected chi connectivity index (χ3v) is 5.02. The molecule has 0 aliphatic heterocycles. The number of hydrogen-bond donors (Lipinski definition) is 0. The predicted molar refractivity (Wildman–Crippen MR) is 123 cm³/mol. The Morgan fingerprint density at radius 3 is 1.94 bits per heavy atom. The van der Waals surface area contributed by atoms with Crippen molar-refractivity contribution in [3.8, 4) is 0 Å². The molecule has 3 aromatic rings. The van der Waals surface area contributed by atoms with E-state index in [1.165, 1.54) is 7.11 Å². The van der Waals surface area contributed by atoms with Crippen LogP contribution in [0.15, 0.2) is 84.9 Å². The van der Waals surface area contributed by atoms with E-state index in [1.54, 1.807) is 9.80 Å². The van der Waals surface area contributed by atoms with E-state index in [1.807, 2.05) is 92.0 Å². The molecule has 0 aliphatic rings. The van der Waals surface area contributed by atoms with Gasteiger partial charge in [-0.15, -0.1) is 0 Å². The number of carbonyl (C=O) groups is 2. The topological polar surface area (TPSA) is 49.9 Å². The van der Waals surface area contributed by atoms with E-state index in [-0.39, 0.29) is 24.8 Å². The predicted octanol–water partition coefficient (Wildman–Crippen LogP) is 4.07. The number of nitrogens with zero attached hydrogens (tertiary/aromatic N) is 2. The van der Waals surface area contributed by atoms with Crippen LogP contribution in [0.1, 0.15) is 16.7 Å². The second kappa shape index (κ2) is 11.1. The van der Waals surface area contributed by atoms with Crippen molar-refractivity contribution in [3.05, 3.63) is 102 Å². The van der Waals surface area contributed by atoms with Crippen LogP contribution in [0.5, 0.6) is 0 Å². The highest BCUT2D eigenvalue weighted by molar-refractivity contribution is 5.94. The fourth-order valence-electron chi connectivity index (χ4n) is 3.38. The monoisotopic (exact) mass is 416 g/mol. The lowest BCUT2D eigenvalue weighted by molar-refractivity contribution is -0.129. The number of anilines is 1. The molecule has 3 rings (SSSR count). The summed E-state index contributed by atoms with van der Waals surface area (Å²) in [6.07, 6.45) is 0.273. The van der Waals surface area contributed by atoms with Crippen LogP contribution in [0, 0.1) is 0 Å².